The van der Waals surface area contributed by atoms with Crippen molar-refractivity contribution in [3.05, 3.63) is 34.5 Å². The Bertz CT molecular complexity index is 821. The number of aromatic nitrogens is 2. The number of esters is 1. The summed E-state index contributed by atoms with van der Waals surface area (Å²) in [5.41, 5.74) is 1.57. The molecule has 27 heavy (non-hydrogen) atoms. The van der Waals surface area contributed by atoms with Crippen molar-refractivity contribution in [3.8, 4) is 0 Å². The second kappa shape index (κ2) is 8.84. The van der Waals surface area contributed by atoms with Gasteiger partial charge in [0.25, 0.3) is 0 Å². The number of thiophene rings is 1. The minimum atomic E-state index is -0.355. The van der Waals surface area contributed by atoms with Gasteiger partial charge in [-0.25, -0.2) is 14.8 Å². The number of hydrogen-bond acceptors (Lipinski definition) is 7. The molecular weight excluding hydrogens is 382 g/mol. The zero-order valence-corrected chi connectivity index (χ0v) is 17.3. The van der Waals surface area contributed by atoms with E-state index in [-0.39, 0.29) is 23.7 Å². The predicted octanol–water partition coefficient (Wildman–Crippen LogP) is 3.96. The molecule has 0 bridgehead atoms. The van der Waals surface area contributed by atoms with Crippen LogP contribution in [-0.2, 0) is 22.4 Å². The maximum Gasteiger partial charge on any atom is 0.341 e. The van der Waals surface area contributed by atoms with E-state index in [1.165, 1.54) is 28.0 Å². The zero-order valence-electron chi connectivity index (χ0n) is 15.7. The van der Waals surface area contributed by atoms with E-state index in [0.717, 1.165) is 24.8 Å². The van der Waals surface area contributed by atoms with Crippen LogP contribution in [0.3, 0.4) is 0 Å². The summed E-state index contributed by atoms with van der Waals surface area (Å²) in [4.78, 5) is 34.5. The van der Waals surface area contributed by atoms with Crippen molar-refractivity contribution < 1.29 is 14.3 Å². The standard InChI is InChI=1S/C19H23N3O3S2/c1-11(2)25-18(24)16-13-6-5-12(3)9-14(13)27-17(16)22-15(23)10-26-19-20-7-4-8-21-19/h4,7-8,11-12H,5-6,9-10H2,1-3H3,(H,22,23)/t12-/m1/s1. The molecule has 0 unspecified atom stereocenters. The number of rotatable bonds is 6. The van der Waals surface area contributed by atoms with Gasteiger partial charge in [-0.2, -0.15) is 0 Å². The van der Waals surface area contributed by atoms with Crippen LogP contribution in [0, 0.1) is 5.92 Å². The quantitative estimate of drug-likeness (QED) is 0.445. The lowest BCUT2D eigenvalue weighted by molar-refractivity contribution is -0.113. The number of nitrogens with zero attached hydrogens (tertiary/aromatic N) is 2. The third-order valence-corrected chi connectivity index (χ3v) is 6.23. The van der Waals surface area contributed by atoms with Gasteiger partial charge in [0.15, 0.2) is 5.16 Å². The number of anilines is 1. The third kappa shape index (κ3) is 5.07. The van der Waals surface area contributed by atoms with E-state index >= 15 is 0 Å². The van der Waals surface area contributed by atoms with Crippen LogP contribution in [0.2, 0.25) is 0 Å². The summed E-state index contributed by atoms with van der Waals surface area (Å²) in [6.45, 7) is 5.87. The second-order valence-corrected chi connectivity index (χ2v) is 8.93. The van der Waals surface area contributed by atoms with Gasteiger partial charge in [0.1, 0.15) is 5.00 Å². The molecule has 2 aromatic rings. The van der Waals surface area contributed by atoms with Crippen molar-refractivity contribution in [2.24, 2.45) is 5.92 Å². The van der Waals surface area contributed by atoms with E-state index in [1.54, 1.807) is 18.5 Å². The number of carbonyl (C=O) groups excluding carboxylic acids is 2. The van der Waals surface area contributed by atoms with Crippen LogP contribution >= 0.6 is 23.1 Å². The van der Waals surface area contributed by atoms with Gasteiger partial charge in [0, 0.05) is 17.3 Å². The van der Waals surface area contributed by atoms with Gasteiger partial charge < -0.3 is 10.1 Å². The van der Waals surface area contributed by atoms with Gasteiger partial charge in [0.2, 0.25) is 5.91 Å². The average molecular weight is 406 g/mol. The van der Waals surface area contributed by atoms with Crippen molar-refractivity contribution in [2.75, 3.05) is 11.1 Å². The second-order valence-electron chi connectivity index (χ2n) is 6.88. The summed E-state index contributed by atoms with van der Waals surface area (Å²) >= 11 is 2.76. The highest BCUT2D eigenvalue weighted by Crippen LogP contribution is 2.40. The number of amides is 1. The lowest BCUT2D eigenvalue weighted by Crippen LogP contribution is -2.19. The Labute approximate surface area is 167 Å². The van der Waals surface area contributed by atoms with Gasteiger partial charge in [-0.15, -0.1) is 11.3 Å². The first-order chi connectivity index (χ1) is 12.9. The monoisotopic (exact) mass is 405 g/mol. The number of hydrogen-bond donors (Lipinski definition) is 1. The molecular formula is C19H23N3O3S2. The normalized spacial score (nSPS) is 16.1. The van der Waals surface area contributed by atoms with Crippen LogP contribution in [0.5, 0.6) is 0 Å². The number of nitrogens with one attached hydrogen (secondary N) is 1. The molecule has 1 atom stereocenters. The molecule has 1 aliphatic carbocycles. The minimum absolute atomic E-state index is 0.182. The first-order valence-corrected chi connectivity index (χ1v) is 10.8. The van der Waals surface area contributed by atoms with Gasteiger partial charge in [-0.3, -0.25) is 4.79 Å². The van der Waals surface area contributed by atoms with Gasteiger partial charge in [-0.1, -0.05) is 18.7 Å². The van der Waals surface area contributed by atoms with Crippen molar-refractivity contribution in [1.29, 1.82) is 0 Å². The predicted molar refractivity (Wildman–Crippen MR) is 107 cm³/mol. The fraction of sp³-hybridized carbons (Fsp3) is 0.474. The highest BCUT2D eigenvalue weighted by atomic mass is 32.2. The minimum Gasteiger partial charge on any atom is -0.459 e. The molecule has 0 radical (unpaired) electrons. The van der Waals surface area contributed by atoms with Crippen LogP contribution in [0.1, 0.15) is 48.0 Å². The van der Waals surface area contributed by atoms with Crippen LogP contribution in [0.4, 0.5) is 5.00 Å². The molecule has 0 aliphatic heterocycles. The van der Waals surface area contributed by atoms with Crippen molar-refractivity contribution in [2.45, 2.75) is 51.3 Å². The largest absolute Gasteiger partial charge is 0.459 e. The van der Waals surface area contributed by atoms with Crippen LogP contribution in [-0.4, -0.2) is 33.7 Å². The summed E-state index contributed by atoms with van der Waals surface area (Å²) in [6, 6.07) is 1.73. The molecule has 1 N–H and O–H groups in total. The number of ether oxygens (including phenoxy) is 1. The van der Waals surface area contributed by atoms with Crippen molar-refractivity contribution in [1.82, 2.24) is 9.97 Å². The number of carbonyl (C=O) groups is 2. The molecule has 2 aromatic heterocycles. The Balaban J connectivity index is 1.77. The summed E-state index contributed by atoms with van der Waals surface area (Å²) in [6.07, 6.45) is 5.90. The SMILES string of the molecule is CC(C)OC(=O)c1c(NC(=O)CSc2ncccn2)sc2c1CC[C@@H](C)C2. The Morgan fingerprint density at radius 1 is 1.37 bits per heavy atom. The summed E-state index contributed by atoms with van der Waals surface area (Å²) in [5.74, 6) is 0.227. The van der Waals surface area contributed by atoms with Crippen LogP contribution < -0.4 is 5.32 Å². The highest BCUT2D eigenvalue weighted by Gasteiger charge is 2.29. The van der Waals surface area contributed by atoms with Gasteiger partial charge in [-0.05, 0) is 50.7 Å². The van der Waals surface area contributed by atoms with Crippen LogP contribution in [0.15, 0.2) is 23.6 Å². The molecule has 0 aromatic carbocycles. The molecule has 6 nitrogen and oxygen atoms in total. The van der Waals surface area contributed by atoms with Gasteiger partial charge >= 0.3 is 5.97 Å². The maximum absolute atomic E-state index is 12.7. The third-order valence-electron chi connectivity index (χ3n) is 4.19. The molecule has 1 aliphatic rings. The number of fused-ring (bicyclic) bond motifs is 1. The maximum atomic E-state index is 12.7. The molecule has 3 rings (SSSR count). The average Bonchev–Trinajstić information content (AvgIpc) is 2.97. The topological polar surface area (TPSA) is 81.2 Å². The van der Waals surface area contributed by atoms with E-state index in [9.17, 15) is 9.59 Å². The molecule has 1 amide bonds. The van der Waals surface area contributed by atoms with E-state index in [1.807, 2.05) is 13.8 Å². The van der Waals surface area contributed by atoms with E-state index in [4.69, 9.17) is 4.74 Å². The Morgan fingerprint density at radius 2 is 2.11 bits per heavy atom. The van der Waals surface area contributed by atoms with E-state index in [2.05, 4.69) is 22.2 Å². The summed E-state index contributed by atoms with van der Waals surface area (Å²) in [7, 11) is 0. The van der Waals surface area contributed by atoms with Crippen molar-refractivity contribution in [3.63, 3.8) is 0 Å². The molecule has 0 fully saturated rings. The lowest BCUT2D eigenvalue weighted by atomic mass is 9.88. The van der Waals surface area contributed by atoms with Gasteiger partial charge in [0.05, 0.1) is 17.4 Å². The summed E-state index contributed by atoms with van der Waals surface area (Å²) in [5, 5.41) is 4.05. The van der Waals surface area contributed by atoms with E-state index < -0.39 is 0 Å². The first kappa shape index (κ1) is 19.8. The Morgan fingerprint density at radius 3 is 2.81 bits per heavy atom. The summed E-state index contributed by atoms with van der Waals surface area (Å²) < 4.78 is 5.43. The molecule has 0 saturated carbocycles. The van der Waals surface area contributed by atoms with Crippen molar-refractivity contribution >= 4 is 40.0 Å². The fourth-order valence-corrected chi connectivity index (χ4v) is 5.00. The molecule has 2 heterocycles. The smallest absolute Gasteiger partial charge is 0.341 e. The Kier molecular flexibility index (Phi) is 6.49. The molecule has 0 saturated heterocycles. The zero-order chi connectivity index (χ0) is 19.4. The first-order valence-electron chi connectivity index (χ1n) is 8.99. The van der Waals surface area contributed by atoms with Crippen LogP contribution in [0.25, 0.3) is 0 Å². The fourth-order valence-electron chi connectivity index (χ4n) is 2.98. The lowest BCUT2D eigenvalue weighted by Gasteiger charge is -2.18. The molecule has 144 valence electrons. The Hall–Kier alpha value is -1.93. The van der Waals surface area contributed by atoms with E-state index in [0.29, 0.717) is 21.6 Å². The molecule has 8 heteroatoms. The molecule has 0 spiro atoms. The highest BCUT2D eigenvalue weighted by molar-refractivity contribution is 7.99. The number of thioether (sulfide) groups is 1.